The zero-order valence-corrected chi connectivity index (χ0v) is 10.8. The molecule has 1 fully saturated rings. The first-order chi connectivity index (χ1) is 6.25. The van der Waals surface area contributed by atoms with Crippen LogP contribution in [0.5, 0.6) is 0 Å². The van der Waals surface area contributed by atoms with Gasteiger partial charge in [-0.3, -0.25) is 4.68 Å². The van der Waals surface area contributed by atoms with Crippen molar-refractivity contribution in [3.8, 4) is 0 Å². The second kappa shape index (κ2) is 4.27. The Bertz CT molecular complexity index is 277. The molecule has 0 amide bonds. The van der Waals surface area contributed by atoms with E-state index in [-0.39, 0.29) is 0 Å². The van der Waals surface area contributed by atoms with Gasteiger partial charge in [0.1, 0.15) is 3.70 Å². The Kier molecular flexibility index (Phi) is 3.26. The van der Waals surface area contributed by atoms with E-state index in [1.165, 1.54) is 0 Å². The molecular weight excluding hydrogens is 347 g/mol. The van der Waals surface area contributed by atoms with Gasteiger partial charge in [0, 0.05) is 25.3 Å². The van der Waals surface area contributed by atoms with Crippen LogP contribution >= 0.6 is 38.5 Å². The second-order valence-electron chi connectivity index (χ2n) is 3.22. The summed E-state index contributed by atoms with van der Waals surface area (Å²) in [6.45, 7) is 2.76. The number of hydrogen-bond donors (Lipinski definition) is 0. The van der Waals surface area contributed by atoms with E-state index in [1.54, 1.807) is 0 Å². The average Bonchev–Trinajstić information content (AvgIpc) is 2.64. The largest absolute Gasteiger partial charge is 0.381 e. The molecule has 0 saturated carbocycles. The standard InChI is InChI=1S/C8H10BrIN2O/c9-7-4-12(11-8(7)10)3-6-1-2-13-5-6/h4,6H,1-3,5H2. The Labute approximate surface area is 99.1 Å². The van der Waals surface area contributed by atoms with Crippen LogP contribution in [0.2, 0.25) is 0 Å². The minimum atomic E-state index is 0.641. The minimum Gasteiger partial charge on any atom is -0.381 e. The van der Waals surface area contributed by atoms with Gasteiger partial charge in [-0.2, -0.15) is 5.10 Å². The molecule has 1 saturated heterocycles. The lowest BCUT2D eigenvalue weighted by Gasteiger charge is -2.06. The molecule has 1 aromatic heterocycles. The van der Waals surface area contributed by atoms with Gasteiger partial charge >= 0.3 is 0 Å². The average molecular weight is 357 g/mol. The zero-order valence-electron chi connectivity index (χ0n) is 7.04. The van der Waals surface area contributed by atoms with Crippen molar-refractivity contribution in [2.45, 2.75) is 13.0 Å². The van der Waals surface area contributed by atoms with E-state index in [1.807, 2.05) is 10.9 Å². The first-order valence-corrected chi connectivity index (χ1v) is 6.09. The van der Waals surface area contributed by atoms with Gasteiger partial charge in [-0.05, 0) is 44.9 Å². The summed E-state index contributed by atoms with van der Waals surface area (Å²) in [5.74, 6) is 0.641. The quantitative estimate of drug-likeness (QED) is 0.760. The van der Waals surface area contributed by atoms with Crippen LogP contribution in [0.1, 0.15) is 6.42 Å². The van der Waals surface area contributed by atoms with Crippen molar-refractivity contribution in [3.05, 3.63) is 14.4 Å². The van der Waals surface area contributed by atoms with Gasteiger partial charge in [0.15, 0.2) is 0 Å². The number of ether oxygens (including phenoxy) is 1. The molecule has 2 rings (SSSR count). The first kappa shape index (κ1) is 9.92. The summed E-state index contributed by atoms with van der Waals surface area (Å²) in [5, 5.41) is 4.37. The maximum absolute atomic E-state index is 5.31. The molecule has 1 aliphatic heterocycles. The Hall–Kier alpha value is 0.380. The lowest BCUT2D eigenvalue weighted by Crippen LogP contribution is -2.10. The monoisotopic (exact) mass is 356 g/mol. The topological polar surface area (TPSA) is 27.1 Å². The fourth-order valence-electron chi connectivity index (χ4n) is 1.46. The zero-order chi connectivity index (χ0) is 9.26. The molecule has 1 unspecified atom stereocenters. The van der Waals surface area contributed by atoms with Crippen LogP contribution in [-0.2, 0) is 11.3 Å². The highest BCUT2D eigenvalue weighted by atomic mass is 127. The summed E-state index contributed by atoms with van der Waals surface area (Å²) in [7, 11) is 0. The molecular formula is C8H10BrIN2O. The van der Waals surface area contributed by atoms with E-state index in [0.717, 1.165) is 34.4 Å². The molecule has 1 aliphatic rings. The van der Waals surface area contributed by atoms with Crippen LogP contribution in [0, 0.1) is 9.62 Å². The summed E-state index contributed by atoms with van der Waals surface area (Å²) in [6.07, 6.45) is 3.19. The molecule has 72 valence electrons. The predicted molar refractivity (Wildman–Crippen MR) is 61.6 cm³/mol. The van der Waals surface area contributed by atoms with Gasteiger partial charge in [0.25, 0.3) is 0 Å². The van der Waals surface area contributed by atoms with Crippen LogP contribution in [0.15, 0.2) is 10.7 Å². The summed E-state index contributed by atoms with van der Waals surface area (Å²) in [4.78, 5) is 0. The lowest BCUT2D eigenvalue weighted by atomic mass is 10.1. The van der Waals surface area contributed by atoms with Crippen LogP contribution in [0.25, 0.3) is 0 Å². The molecule has 5 heteroatoms. The van der Waals surface area contributed by atoms with Gasteiger partial charge < -0.3 is 4.74 Å². The molecule has 0 aromatic carbocycles. The molecule has 0 N–H and O–H groups in total. The number of halogens is 2. The van der Waals surface area contributed by atoms with E-state index in [2.05, 4.69) is 43.6 Å². The van der Waals surface area contributed by atoms with Crippen molar-refractivity contribution in [3.63, 3.8) is 0 Å². The minimum absolute atomic E-state index is 0.641. The van der Waals surface area contributed by atoms with Crippen molar-refractivity contribution in [2.75, 3.05) is 13.2 Å². The van der Waals surface area contributed by atoms with E-state index in [9.17, 15) is 0 Å². The van der Waals surface area contributed by atoms with E-state index in [0.29, 0.717) is 5.92 Å². The number of nitrogens with zero attached hydrogens (tertiary/aromatic N) is 2. The Morgan fingerprint density at radius 3 is 3.15 bits per heavy atom. The maximum Gasteiger partial charge on any atom is 0.137 e. The summed E-state index contributed by atoms with van der Waals surface area (Å²) in [5.41, 5.74) is 0. The molecule has 2 heterocycles. The van der Waals surface area contributed by atoms with Gasteiger partial charge in [-0.1, -0.05) is 0 Å². The maximum atomic E-state index is 5.31. The van der Waals surface area contributed by atoms with E-state index >= 15 is 0 Å². The molecule has 0 aliphatic carbocycles. The van der Waals surface area contributed by atoms with Crippen molar-refractivity contribution in [1.82, 2.24) is 9.78 Å². The molecule has 13 heavy (non-hydrogen) atoms. The van der Waals surface area contributed by atoms with Crippen LogP contribution in [0.4, 0.5) is 0 Å². The highest BCUT2D eigenvalue weighted by Gasteiger charge is 2.16. The lowest BCUT2D eigenvalue weighted by molar-refractivity contribution is 0.181. The third-order valence-corrected chi connectivity index (χ3v) is 4.26. The van der Waals surface area contributed by atoms with Gasteiger partial charge in [0.05, 0.1) is 11.1 Å². The van der Waals surface area contributed by atoms with Crippen LogP contribution in [0.3, 0.4) is 0 Å². The Morgan fingerprint density at radius 1 is 1.77 bits per heavy atom. The van der Waals surface area contributed by atoms with Crippen LogP contribution in [-0.4, -0.2) is 23.0 Å². The van der Waals surface area contributed by atoms with Crippen LogP contribution < -0.4 is 0 Å². The normalized spacial score (nSPS) is 22.5. The van der Waals surface area contributed by atoms with E-state index < -0.39 is 0 Å². The second-order valence-corrected chi connectivity index (χ2v) is 5.10. The fourth-order valence-corrected chi connectivity index (χ4v) is 2.19. The Balaban J connectivity index is 2.00. The highest BCUT2D eigenvalue weighted by molar-refractivity contribution is 14.1. The smallest absolute Gasteiger partial charge is 0.137 e. The molecule has 3 nitrogen and oxygen atoms in total. The van der Waals surface area contributed by atoms with Crippen molar-refractivity contribution in [2.24, 2.45) is 5.92 Å². The number of aromatic nitrogens is 2. The fraction of sp³-hybridized carbons (Fsp3) is 0.625. The number of rotatable bonds is 2. The summed E-state index contributed by atoms with van der Waals surface area (Å²) >= 11 is 5.66. The highest BCUT2D eigenvalue weighted by Crippen LogP contribution is 2.19. The first-order valence-electron chi connectivity index (χ1n) is 4.22. The van der Waals surface area contributed by atoms with Crippen molar-refractivity contribution in [1.29, 1.82) is 0 Å². The molecule has 0 spiro atoms. The SMILES string of the molecule is Brc1cn(CC2CCOC2)nc1I. The molecule has 0 bridgehead atoms. The number of hydrogen-bond acceptors (Lipinski definition) is 2. The van der Waals surface area contributed by atoms with Gasteiger partial charge in [0.2, 0.25) is 0 Å². The molecule has 1 aromatic rings. The van der Waals surface area contributed by atoms with Crippen molar-refractivity contribution >= 4 is 38.5 Å². The Morgan fingerprint density at radius 2 is 2.62 bits per heavy atom. The molecule has 0 radical (unpaired) electrons. The third-order valence-electron chi connectivity index (χ3n) is 2.14. The predicted octanol–water partition coefficient (Wildman–Crippen LogP) is 2.29. The van der Waals surface area contributed by atoms with Gasteiger partial charge in [-0.25, -0.2) is 0 Å². The third kappa shape index (κ3) is 2.44. The van der Waals surface area contributed by atoms with Gasteiger partial charge in [-0.15, -0.1) is 0 Å². The van der Waals surface area contributed by atoms with Crippen molar-refractivity contribution < 1.29 is 4.74 Å². The summed E-state index contributed by atoms with van der Waals surface area (Å²) in [6, 6.07) is 0. The summed E-state index contributed by atoms with van der Waals surface area (Å²) < 4.78 is 9.40. The molecule has 1 atom stereocenters. The van der Waals surface area contributed by atoms with E-state index in [4.69, 9.17) is 4.74 Å².